The van der Waals surface area contributed by atoms with Crippen molar-refractivity contribution in [1.82, 2.24) is 15.1 Å². The number of amides is 5. The Morgan fingerprint density at radius 1 is 0.593 bits per heavy atom. The normalized spacial score (nSPS) is 12.5. The first-order valence-corrected chi connectivity index (χ1v) is 23.1. The molecule has 1 N–H and O–H groups in total. The number of imide groups is 2. The van der Waals surface area contributed by atoms with Gasteiger partial charge in [0.15, 0.2) is 0 Å². The minimum atomic E-state index is -0.341. The van der Waals surface area contributed by atoms with Crippen LogP contribution in [0.4, 0.5) is 0 Å². The predicted octanol–water partition coefficient (Wildman–Crippen LogP) is 12.0. The van der Waals surface area contributed by atoms with Crippen LogP contribution in [0.5, 0.6) is 0 Å². The van der Waals surface area contributed by atoms with Crippen LogP contribution in [-0.2, 0) is 33.6 Å². The van der Waals surface area contributed by atoms with Crippen LogP contribution >= 0.6 is 0 Å². The van der Waals surface area contributed by atoms with Gasteiger partial charge in [-0.15, -0.1) is 6.58 Å². The first-order chi connectivity index (χ1) is 27.9. The lowest BCUT2D eigenvalue weighted by molar-refractivity contribution is -0.138. The summed E-state index contributed by atoms with van der Waals surface area (Å²) in [4.78, 5) is 78.2. The van der Waals surface area contributed by atoms with Gasteiger partial charge in [0.05, 0.1) is 0 Å². The zero-order valence-corrected chi connectivity index (χ0v) is 38.4. The molecular weight excluding hydrogens is 743 g/mol. The van der Waals surface area contributed by atoms with Gasteiger partial charge in [0.1, 0.15) is 11.6 Å². The summed E-state index contributed by atoms with van der Waals surface area (Å²) >= 11 is 0. The van der Waals surface area contributed by atoms with Crippen LogP contribution in [0.1, 0.15) is 229 Å². The Kier molecular flexibility index (Phi) is 49.8. The molecule has 2 rings (SSSR count). The van der Waals surface area contributed by atoms with E-state index < -0.39 is 0 Å². The molecule has 0 saturated carbocycles. The van der Waals surface area contributed by atoms with Crippen LogP contribution in [0, 0.1) is 0 Å². The number of allylic oxidation sites excluding steroid dienone is 1. The van der Waals surface area contributed by atoms with Gasteiger partial charge in [-0.1, -0.05) is 157 Å². The number of nitrogens with one attached hydrogen (secondary N) is 1. The molecule has 0 radical (unpaired) electrons. The summed E-state index contributed by atoms with van der Waals surface area (Å²) in [6.07, 6.45) is 36.9. The third-order valence-electron chi connectivity index (χ3n) is 9.69. The van der Waals surface area contributed by atoms with Crippen molar-refractivity contribution < 1.29 is 33.6 Å². The van der Waals surface area contributed by atoms with E-state index in [2.05, 4.69) is 18.8 Å². The van der Waals surface area contributed by atoms with E-state index in [-0.39, 0.29) is 49.9 Å². The van der Waals surface area contributed by atoms with E-state index in [0.717, 1.165) is 49.8 Å². The molecule has 59 heavy (non-hydrogen) atoms. The molecule has 344 valence electrons. The summed E-state index contributed by atoms with van der Waals surface area (Å²) in [7, 11) is 1.51. The lowest BCUT2D eigenvalue weighted by atomic mass is 10.0. The van der Waals surface area contributed by atoms with Crippen molar-refractivity contribution in [3.63, 3.8) is 0 Å². The van der Waals surface area contributed by atoms with Crippen molar-refractivity contribution in [2.75, 3.05) is 20.1 Å². The Morgan fingerprint density at radius 3 is 1.27 bits per heavy atom. The summed E-state index contributed by atoms with van der Waals surface area (Å²) in [6.45, 7) is 16.2. The van der Waals surface area contributed by atoms with Crippen molar-refractivity contribution in [3.05, 3.63) is 24.8 Å². The van der Waals surface area contributed by atoms with Gasteiger partial charge in [-0.05, 0) is 46.0 Å². The number of hydrogen-bond donors (Lipinski definition) is 1. The molecule has 0 aromatic heterocycles. The van der Waals surface area contributed by atoms with Gasteiger partial charge in [-0.2, -0.15) is 0 Å². The Bertz CT molecular complexity index is 1100. The highest BCUT2D eigenvalue weighted by molar-refractivity contribution is 6.13. The van der Waals surface area contributed by atoms with E-state index >= 15 is 0 Å². The molecule has 0 atom stereocenters. The number of rotatable bonds is 30. The SMILES string of the molecule is C.C=CCCCCCCCC(C)=O.CC.CCCCCCCCCCCCCCCCCC(C)=O.CCCCNC(=O)CCN1C(=O)C=CC1=O.CN1C(=O)CCC1=O. The summed E-state index contributed by atoms with van der Waals surface area (Å²) in [5.74, 6) is -0.260. The molecule has 0 aromatic carbocycles. The summed E-state index contributed by atoms with van der Waals surface area (Å²) in [5, 5.41) is 2.73. The maximum atomic E-state index is 11.3. The third-order valence-corrected chi connectivity index (χ3v) is 9.69. The largest absolute Gasteiger partial charge is 0.356 e. The second-order valence-corrected chi connectivity index (χ2v) is 15.2. The van der Waals surface area contributed by atoms with Gasteiger partial charge in [0.2, 0.25) is 17.7 Å². The smallest absolute Gasteiger partial charge is 0.253 e. The number of hydrogen-bond acceptors (Lipinski definition) is 7. The predicted molar refractivity (Wildman–Crippen MR) is 247 cm³/mol. The summed E-state index contributed by atoms with van der Waals surface area (Å²) < 4.78 is 0. The highest BCUT2D eigenvalue weighted by Gasteiger charge is 2.24. The molecule has 2 heterocycles. The van der Waals surface area contributed by atoms with Crippen molar-refractivity contribution in [2.24, 2.45) is 0 Å². The Labute approximate surface area is 362 Å². The number of carbonyl (C=O) groups is 7. The summed E-state index contributed by atoms with van der Waals surface area (Å²) in [5.41, 5.74) is 0. The van der Waals surface area contributed by atoms with Crippen LogP contribution in [-0.4, -0.2) is 71.0 Å². The maximum absolute atomic E-state index is 11.3. The third kappa shape index (κ3) is 44.0. The Morgan fingerprint density at radius 2 is 0.949 bits per heavy atom. The van der Waals surface area contributed by atoms with E-state index in [0.29, 0.717) is 31.0 Å². The monoisotopic (exact) mass is 834 g/mol. The molecule has 0 aromatic rings. The van der Waals surface area contributed by atoms with Crippen LogP contribution in [0.2, 0.25) is 0 Å². The molecule has 1 fully saturated rings. The van der Waals surface area contributed by atoms with Crippen molar-refractivity contribution >= 4 is 41.1 Å². The number of ketones is 2. The standard InChI is InChI=1S/C19H38O.C11H16N2O3.C11H20O.C5H7NO2.C2H6.CH4/c1-3-4-5-6-7-8-9-10-11-12-13-14-15-16-17-18-19(2)20;1-2-3-7-12-9(14)6-8-13-10(15)4-5-11(13)16;1-3-4-5-6-7-8-9-10-11(2)12;1-6-4(7)2-3-5(6)8;1-2;/h3-18H2,1-2H3;4-5H,2-3,6-8H2,1H3,(H,12,14);3H,1,4-10H2,2H3;2-3H2,1H3;1-2H3;1H4. The molecule has 0 aliphatic carbocycles. The quantitative estimate of drug-likeness (QED) is 0.0432. The molecule has 0 unspecified atom stereocenters. The van der Waals surface area contributed by atoms with Gasteiger partial charge >= 0.3 is 0 Å². The van der Waals surface area contributed by atoms with E-state index in [1.165, 1.54) is 140 Å². The first kappa shape index (κ1) is 62.2. The average molecular weight is 834 g/mol. The maximum Gasteiger partial charge on any atom is 0.253 e. The van der Waals surface area contributed by atoms with Crippen LogP contribution in [0.15, 0.2) is 24.8 Å². The molecule has 0 bridgehead atoms. The minimum Gasteiger partial charge on any atom is -0.356 e. The molecule has 1 saturated heterocycles. The number of unbranched alkanes of at least 4 members (excludes halogenated alkanes) is 20. The van der Waals surface area contributed by atoms with Gasteiger partial charge in [-0.3, -0.25) is 33.8 Å². The second-order valence-electron chi connectivity index (χ2n) is 15.2. The van der Waals surface area contributed by atoms with Gasteiger partial charge in [0, 0.05) is 64.4 Å². The number of nitrogens with zero attached hydrogens (tertiary/aromatic N) is 2. The minimum absolute atomic E-state index is 0. The van der Waals surface area contributed by atoms with E-state index in [9.17, 15) is 33.6 Å². The van der Waals surface area contributed by atoms with Crippen molar-refractivity contribution in [2.45, 2.75) is 229 Å². The Hall–Kier alpha value is -3.43. The molecule has 10 heteroatoms. The zero-order chi connectivity index (χ0) is 44.2. The topological polar surface area (TPSA) is 138 Å². The molecular formula is C49H91N3O7. The van der Waals surface area contributed by atoms with E-state index in [1.54, 1.807) is 13.8 Å². The molecule has 10 nitrogen and oxygen atoms in total. The highest BCUT2D eigenvalue weighted by atomic mass is 16.2. The Balaban J connectivity index is -0.000000349. The summed E-state index contributed by atoms with van der Waals surface area (Å²) in [6, 6.07) is 0. The number of Topliss-reactive ketones (excluding diaryl/α,β-unsaturated/α-hetero) is 2. The first-order valence-electron chi connectivity index (χ1n) is 23.1. The fraction of sp³-hybridized carbons (Fsp3) is 0.776. The van der Waals surface area contributed by atoms with Crippen molar-refractivity contribution in [1.29, 1.82) is 0 Å². The zero-order valence-electron chi connectivity index (χ0n) is 38.4. The van der Waals surface area contributed by atoms with Crippen molar-refractivity contribution in [3.8, 4) is 0 Å². The van der Waals surface area contributed by atoms with Crippen LogP contribution < -0.4 is 5.32 Å². The van der Waals surface area contributed by atoms with Gasteiger partial charge < -0.3 is 14.9 Å². The number of carbonyl (C=O) groups excluding carboxylic acids is 7. The van der Waals surface area contributed by atoms with E-state index in [1.807, 2.05) is 26.8 Å². The van der Waals surface area contributed by atoms with Gasteiger partial charge in [-0.25, -0.2) is 0 Å². The lowest BCUT2D eigenvalue weighted by Gasteiger charge is -2.13. The second kappa shape index (κ2) is 47.3. The van der Waals surface area contributed by atoms with Gasteiger partial charge in [0.25, 0.3) is 11.8 Å². The molecule has 2 aliphatic rings. The average Bonchev–Trinajstić information content (AvgIpc) is 3.69. The van der Waals surface area contributed by atoms with Crippen LogP contribution in [0.25, 0.3) is 0 Å². The fourth-order valence-electron chi connectivity index (χ4n) is 5.98. The van der Waals surface area contributed by atoms with Crippen LogP contribution in [0.3, 0.4) is 0 Å². The van der Waals surface area contributed by atoms with E-state index in [4.69, 9.17) is 0 Å². The molecule has 5 amide bonds. The highest BCUT2D eigenvalue weighted by Crippen LogP contribution is 2.14. The fourth-order valence-corrected chi connectivity index (χ4v) is 5.98. The number of likely N-dealkylation sites (tertiary alicyclic amines) is 1. The molecule has 2 aliphatic heterocycles. The lowest BCUT2D eigenvalue weighted by Crippen LogP contribution is -2.34. The molecule has 0 spiro atoms.